The van der Waals surface area contributed by atoms with E-state index in [1.807, 2.05) is 0 Å². The summed E-state index contributed by atoms with van der Waals surface area (Å²) in [5.74, 6) is 0.0572. The van der Waals surface area contributed by atoms with Gasteiger partial charge in [-0.2, -0.15) is 0 Å². The van der Waals surface area contributed by atoms with Crippen LogP contribution in [0.2, 0.25) is 0 Å². The summed E-state index contributed by atoms with van der Waals surface area (Å²) in [7, 11) is 1.57. The van der Waals surface area contributed by atoms with Crippen LogP contribution in [0.3, 0.4) is 0 Å². The molecule has 74 valence electrons. The molecule has 0 fully saturated rings. The molecule has 3 nitrogen and oxygen atoms in total. The van der Waals surface area contributed by atoms with Crippen molar-refractivity contribution in [1.29, 1.82) is 0 Å². The van der Waals surface area contributed by atoms with Crippen molar-refractivity contribution in [2.75, 3.05) is 7.11 Å². The Morgan fingerprint density at radius 1 is 1.62 bits per heavy atom. The van der Waals surface area contributed by atoms with E-state index in [9.17, 15) is 4.79 Å². The topological polar surface area (TPSA) is 35.5 Å². The Kier molecular flexibility index (Phi) is 4.12. The Labute approximate surface area is 78.7 Å². The van der Waals surface area contributed by atoms with Crippen LogP contribution in [0.1, 0.15) is 26.2 Å². The van der Waals surface area contributed by atoms with E-state index in [0.29, 0.717) is 0 Å². The highest BCUT2D eigenvalue weighted by Gasteiger charge is 2.23. The number of unbranched alkanes of at least 4 members (excludes halogenated alkanes) is 1. The SMILES string of the molecule is CCCCC1OC(OC)C=CC1=O. The third-order valence-electron chi connectivity index (χ3n) is 2.09. The van der Waals surface area contributed by atoms with Gasteiger partial charge in [0.25, 0.3) is 0 Å². The van der Waals surface area contributed by atoms with Crippen LogP contribution in [0.15, 0.2) is 12.2 Å². The Balaban J connectivity index is 2.45. The zero-order valence-electron chi connectivity index (χ0n) is 8.16. The first-order chi connectivity index (χ1) is 6.27. The second-order valence-corrected chi connectivity index (χ2v) is 3.13. The molecule has 0 spiro atoms. The third kappa shape index (κ3) is 2.94. The van der Waals surface area contributed by atoms with E-state index in [2.05, 4.69) is 6.92 Å². The van der Waals surface area contributed by atoms with Gasteiger partial charge < -0.3 is 9.47 Å². The average molecular weight is 184 g/mol. The molecule has 1 aliphatic heterocycles. The predicted octanol–water partition coefficient (Wildman–Crippen LogP) is 1.67. The molecule has 0 aromatic carbocycles. The van der Waals surface area contributed by atoms with Crippen LogP contribution in [0, 0.1) is 0 Å². The monoisotopic (exact) mass is 184 g/mol. The normalized spacial score (nSPS) is 28.0. The fraction of sp³-hybridized carbons (Fsp3) is 0.700. The number of carbonyl (C=O) groups is 1. The fourth-order valence-corrected chi connectivity index (χ4v) is 1.29. The summed E-state index contributed by atoms with van der Waals surface area (Å²) in [5, 5.41) is 0. The molecule has 0 bridgehead atoms. The molecule has 13 heavy (non-hydrogen) atoms. The zero-order chi connectivity index (χ0) is 9.68. The lowest BCUT2D eigenvalue weighted by Gasteiger charge is -2.23. The molecular formula is C10H16O3. The van der Waals surface area contributed by atoms with Gasteiger partial charge in [0.2, 0.25) is 0 Å². The minimum Gasteiger partial charge on any atom is -0.352 e. The smallest absolute Gasteiger partial charge is 0.184 e. The van der Waals surface area contributed by atoms with Gasteiger partial charge in [-0.3, -0.25) is 4.79 Å². The molecule has 0 aliphatic carbocycles. The maximum Gasteiger partial charge on any atom is 0.184 e. The number of hydrogen-bond donors (Lipinski definition) is 0. The summed E-state index contributed by atoms with van der Waals surface area (Å²) in [4.78, 5) is 11.3. The van der Waals surface area contributed by atoms with Crippen LogP contribution in [-0.2, 0) is 14.3 Å². The van der Waals surface area contributed by atoms with Crippen molar-refractivity contribution >= 4 is 5.78 Å². The van der Waals surface area contributed by atoms with Crippen molar-refractivity contribution in [2.45, 2.75) is 38.6 Å². The maximum absolute atomic E-state index is 11.3. The van der Waals surface area contributed by atoms with E-state index in [1.165, 1.54) is 0 Å². The molecule has 0 saturated carbocycles. The minimum absolute atomic E-state index is 0.0572. The maximum atomic E-state index is 11.3. The van der Waals surface area contributed by atoms with Crippen LogP contribution in [-0.4, -0.2) is 25.3 Å². The molecule has 1 aliphatic rings. The summed E-state index contributed by atoms with van der Waals surface area (Å²) in [6, 6.07) is 0. The lowest BCUT2D eigenvalue weighted by Crippen LogP contribution is -2.32. The van der Waals surface area contributed by atoms with Gasteiger partial charge in [-0.25, -0.2) is 0 Å². The summed E-state index contributed by atoms with van der Waals surface area (Å²) in [6.45, 7) is 2.09. The summed E-state index contributed by atoms with van der Waals surface area (Å²) in [6.07, 6.45) is 5.44. The van der Waals surface area contributed by atoms with Gasteiger partial charge in [0.1, 0.15) is 6.10 Å². The number of ether oxygens (including phenoxy) is 2. The minimum atomic E-state index is -0.348. The van der Waals surface area contributed by atoms with Gasteiger partial charge in [-0.05, 0) is 18.6 Å². The standard InChI is InChI=1S/C10H16O3/c1-3-4-5-9-8(11)6-7-10(12-2)13-9/h6-7,9-10H,3-5H2,1-2H3. The highest BCUT2D eigenvalue weighted by molar-refractivity contribution is 5.94. The molecular weight excluding hydrogens is 168 g/mol. The van der Waals surface area contributed by atoms with Gasteiger partial charge in [0.15, 0.2) is 12.1 Å². The molecule has 3 heteroatoms. The van der Waals surface area contributed by atoms with Gasteiger partial charge in [-0.1, -0.05) is 19.8 Å². The lowest BCUT2D eigenvalue weighted by molar-refractivity contribution is -0.156. The Morgan fingerprint density at radius 3 is 3.00 bits per heavy atom. The number of ketones is 1. The molecule has 0 radical (unpaired) electrons. The Hall–Kier alpha value is -0.670. The highest BCUT2D eigenvalue weighted by atomic mass is 16.7. The number of methoxy groups -OCH3 is 1. The van der Waals surface area contributed by atoms with Gasteiger partial charge >= 0.3 is 0 Å². The zero-order valence-corrected chi connectivity index (χ0v) is 8.16. The first-order valence-electron chi connectivity index (χ1n) is 4.68. The van der Waals surface area contributed by atoms with E-state index in [0.717, 1.165) is 19.3 Å². The van der Waals surface area contributed by atoms with E-state index >= 15 is 0 Å². The molecule has 0 amide bonds. The van der Waals surface area contributed by atoms with Gasteiger partial charge in [-0.15, -0.1) is 0 Å². The number of hydrogen-bond acceptors (Lipinski definition) is 3. The largest absolute Gasteiger partial charge is 0.352 e. The van der Waals surface area contributed by atoms with Crippen LogP contribution in [0.5, 0.6) is 0 Å². The van der Waals surface area contributed by atoms with Crippen LogP contribution in [0.25, 0.3) is 0 Å². The third-order valence-corrected chi connectivity index (χ3v) is 2.09. The van der Waals surface area contributed by atoms with E-state index < -0.39 is 0 Å². The molecule has 0 aromatic rings. The summed E-state index contributed by atoms with van der Waals surface area (Å²) in [5.41, 5.74) is 0. The van der Waals surface area contributed by atoms with Crippen LogP contribution in [0.4, 0.5) is 0 Å². The fourth-order valence-electron chi connectivity index (χ4n) is 1.29. The molecule has 0 N–H and O–H groups in total. The predicted molar refractivity (Wildman–Crippen MR) is 49.3 cm³/mol. The number of carbonyl (C=O) groups excluding carboxylic acids is 1. The summed E-state index contributed by atoms with van der Waals surface area (Å²) >= 11 is 0. The molecule has 0 saturated heterocycles. The van der Waals surface area contributed by atoms with Gasteiger partial charge in [0, 0.05) is 7.11 Å². The first kappa shape index (κ1) is 10.4. The Morgan fingerprint density at radius 2 is 2.38 bits per heavy atom. The van der Waals surface area contributed by atoms with Crippen molar-refractivity contribution in [1.82, 2.24) is 0 Å². The van der Waals surface area contributed by atoms with E-state index in [-0.39, 0.29) is 18.2 Å². The van der Waals surface area contributed by atoms with Crippen molar-refractivity contribution in [2.24, 2.45) is 0 Å². The molecule has 0 aromatic heterocycles. The average Bonchev–Trinajstić information content (AvgIpc) is 2.17. The molecule has 1 rings (SSSR count). The second kappa shape index (κ2) is 5.14. The van der Waals surface area contributed by atoms with E-state index in [4.69, 9.17) is 9.47 Å². The van der Waals surface area contributed by atoms with Crippen LogP contribution >= 0.6 is 0 Å². The van der Waals surface area contributed by atoms with E-state index in [1.54, 1.807) is 19.3 Å². The lowest BCUT2D eigenvalue weighted by atomic mass is 10.1. The molecule has 2 atom stereocenters. The number of rotatable bonds is 4. The first-order valence-corrected chi connectivity index (χ1v) is 4.68. The highest BCUT2D eigenvalue weighted by Crippen LogP contribution is 2.15. The van der Waals surface area contributed by atoms with Crippen molar-refractivity contribution in [3.63, 3.8) is 0 Å². The quantitative estimate of drug-likeness (QED) is 0.666. The molecule has 1 heterocycles. The molecule has 2 unspecified atom stereocenters. The summed E-state index contributed by atoms with van der Waals surface area (Å²) < 4.78 is 10.4. The Bertz CT molecular complexity index is 198. The van der Waals surface area contributed by atoms with Crippen LogP contribution < -0.4 is 0 Å². The van der Waals surface area contributed by atoms with Crippen molar-refractivity contribution in [3.05, 3.63) is 12.2 Å². The van der Waals surface area contributed by atoms with Crippen molar-refractivity contribution in [3.8, 4) is 0 Å². The second-order valence-electron chi connectivity index (χ2n) is 3.13. The van der Waals surface area contributed by atoms with Gasteiger partial charge in [0.05, 0.1) is 0 Å². The van der Waals surface area contributed by atoms with Crippen molar-refractivity contribution < 1.29 is 14.3 Å².